The normalized spacial score (nSPS) is 12.5. The third-order valence-electron chi connectivity index (χ3n) is 14.4. The number of rotatable bonds is 60. The molecule has 76 heavy (non-hydrogen) atoms. The van der Waals surface area contributed by atoms with Crippen molar-refractivity contribution >= 4 is 17.9 Å². The summed E-state index contributed by atoms with van der Waals surface area (Å²) in [6, 6.07) is 0. The number of carbonyl (C=O) groups excluding carboxylic acids is 3. The van der Waals surface area contributed by atoms with Gasteiger partial charge in [-0.3, -0.25) is 14.4 Å². The molecule has 0 aliphatic carbocycles. The Bertz CT molecular complexity index is 1400. The lowest BCUT2D eigenvalue weighted by Crippen LogP contribution is -2.30. The molecular formula is C70H124O6. The van der Waals surface area contributed by atoms with Crippen LogP contribution in [0.15, 0.2) is 72.9 Å². The predicted molar refractivity (Wildman–Crippen MR) is 330 cm³/mol. The van der Waals surface area contributed by atoms with E-state index in [-0.39, 0.29) is 31.1 Å². The van der Waals surface area contributed by atoms with Gasteiger partial charge in [-0.25, -0.2) is 0 Å². The fourth-order valence-corrected chi connectivity index (χ4v) is 9.40. The second-order valence-electron chi connectivity index (χ2n) is 22.0. The van der Waals surface area contributed by atoms with E-state index < -0.39 is 6.10 Å². The average molecular weight is 1060 g/mol. The molecule has 0 aromatic rings. The van der Waals surface area contributed by atoms with E-state index >= 15 is 0 Å². The Kier molecular flexibility index (Phi) is 61.7. The molecule has 0 saturated heterocycles. The van der Waals surface area contributed by atoms with Crippen LogP contribution in [-0.4, -0.2) is 37.2 Å². The van der Waals surface area contributed by atoms with E-state index in [9.17, 15) is 14.4 Å². The summed E-state index contributed by atoms with van der Waals surface area (Å²) in [7, 11) is 0. The van der Waals surface area contributed by atoms with Crippen molar-refractivity contribution in [1.29, 1.82) is 0 Å². The fourth-order valence-electron chi connectivity index (χ4n) is 9.40. The summed E-state index contributed by atoms with van der Waals surface area (Å²) in [5.74, 6) is -0.887. The summed E-state index contributed by atoms with van der Waals surface area (Å²) < 4.78 is 16.9. The third kappa shape index (κ3) is 61.7. The molecule has 0 radical (unpaired) electrons. The van der Waals surface area contributed by atoms with E-state index in [1.807, 2.05) is 0 Å². The minimum atomic E-state index is -0.786. The number of allylic oxidation sites excluding steroid dienone is 12. The summed E-state index contributed by atoms with van der Waals surface area (Å²) in [4.78, 5) is 38.3. The van der Waals surface area contributed by atoms with E-state index in [1.165, 1.54) is 205 Å². The molecular weight excluding hydrogens is 937 g/mol. The van der Waals surface area contributed by atoms with Crippen LogP contribution < -0.4 is 0 Å². The molecule has 0 rings (SSSR count). The minimum Gasteiger partial charge on any atom is -0.462 e. The maximum absolute atomic E-state index is 12.9. The van der Waals surface area contributed by atoms with Crippen LogP contribution in [0.25, 0.3) is 0 Å². The van der Waals surface area contributed by atoms with Crippen molar-refractivity contribution in [3.63, 3.8) is 0 Å². The van der Waals surface area contributed by atoms with Gasteiger partial charge in [-0.05, 0) is 109 Å². The van der Waals surface area contributed by atoms with Crippen molar-refractivity contribution in [2.75, 3.05) is 13.2 Å². The fraction of sp³-hybridized carbons (Fsp3) is 0.786. The highest BCUT2D eigenvalue weighted by Gasteiger charge is 2.19. The first-order valence-electron chi connectivity index (χ1n) is 32.9. The first-order chi connectivity index (χ1) is 37.5. The Morgan fingerprint density at radius 2 is 0.487 bits per heavy atom. The van der Waals surface area contributed by atoms with Gasteiger partial charge < -0.3 is 14.2 Å². The second kappa shape index (κ2) is 64.4. The van der Waals surface area contributed by atoms with Crippen LogP contribution in [-0.2, 0) is 28.6 Å². The molecule has 1 unspecified atom stereocenters. The zero-order valence-electron chi connectivity index (χ0n) is 50.5. The Labute approximate surface area is 472 Å². The van der Waals surface area contributed by atoms with E-state index in [0.29, 0.717) is 19.3 Å². The maximum atomic E-state index is 12.9. The predicted octanol–water partition coefficient (Wildman–Crippen LogP) is 22.5. The molecule has 0 saturated carbocycles. The molecule has 0 aliphatic rings. The van der Waals surface area contributed by atoms with Crippen LogP contribution in [0.1, 0.15) is 335 Å². The van der Waals surface area contributed by atoms with Crippen molar-refractivity contribution in [3.8, 4) is 0 Å². The van der Waals surface area contributed by atoms with Gasteiger partial charge in [0.05, 0.1) is 0 Å². The van der Waals surface area contributed by atoms with Crippen LogP contribution in [0.5, 0.6) is 0 Å². The van der Waals surface area contributed by atoms with Gasteiger partial charge in [0.15, 0.2) is 6.10 Å². The monoisotopic (exact) mass is 1060 g/mol. The highest BCUT2D eigenvalue weighted by molar-refractivity contribution is 5.71. The van der Waals surface area contributed by atoms with Crippen molar-refractivity contribution in [2.45, 2.75) is 341 Å². The van der Waals surface area contributed by atoms with Gasteiger partial charge in [-0.1, -0.05) is 280 Å². The number of esters is 3. The van der Waals surface area contributed by atoms with E-state index in [1.54, 1.807) is 0 Å². The smallest absolute Gasteiger partial charge is 0.306 e. The molecule has 6 nitrogen and oxygen atoms in total. The summed E-state index contributed by atoms with van der Waals surface area (Å²) in [6.45, 7) is 6.60. The Balaban J connectivity index is 4.34. The van der Waals surface area contributed by atoms with Crippen LogP contribution >= 0.6 is 0 Å². The number of hydrogen-bond acceptors (Lipinski definition) is 6. The Morgan fingerprint density at radius 1 is 0.263 bits per heavy atom. The number of unbranched alkanes of at least 4 members (excludes halogenated alkanes) is 37. The van der Waals surface area contributed by atoms with Crippen LogP contribution in [0, 0.1) is 0 Å². The van der Waals surface area contributed by atoms with Gasteiger partial charge in [0.2, 0.25) is 0 Å². The van der Waals surface area contributed by atoms with Crippen molar-refractivity contribution in [3.05, 3.63) is 72.9 Å². The molecule has 0 aliphatic heterocycles. The lowest BCUT2D eigenvalue weighted by molar-refractivity contribution is -0.167. The Hall–Kier alpha value is -3.15. The van der Waals surface area contributed by atoms with Crippen LogP contribution in [0.3, 0.4) is 0 Å². The van der Waals surface area contributed by atoms with E-state index in [2.05, 4.69) is 93.7 Å². The molecule has 0 spiro atoms. The third-order valence-corrected chi connectivity index (χ3v) is 14.4. The lowest BCUT2D eigenvalue weighted by Gasteiger charge is -2.18. The molecule has 6 heteroatoms. The summed E-state index contributed by atoms with van der Waals surface area (Å²) >= 11 is 0. The average Bonchev–Trinajstić information content (AvgIpc) is 3.42. The van der Waals surface area contributed by atoms with Gasteiger partial charge in [-0.2, -0.15) is 0 Å². The minimum absolute atomic E-state index is 0.0813. The topological polar surface area (TPSA) is 78.9 Å². The van der Waals surface area contributed by atoms with Crippen molar-refractivity contribution in [1.82, 2.24) is 0 Å². The van der Waals surface area contributed by atoms with E-state index in [4.69, 9.17) is 14.2 Å². The molecule has 0 aromatic heterocycles. The zero-order valence-corrected chi connectivity index (χ0v) is 50.5. The van der Waals surface area contributed by atoms with Gasteiger partial charge in [0.25, 0.3) is 0 Å². The summed E-state index contributed by atoms with van der Waals surface area (Å²) in [5.41, 5.74) is 0. The van der Waals surface area contributed by atoms with Gasteiger partial charge in [-0.15, -0.1) is 0 Å². The first kappa shape index (κ1) is 72.8. The molecule has 0 bridgehead atoms. The number of carbonyl (C=O) groups is 3. The summed E-state index contributed by atoms with van der Waals surface area (Å²) in [5, 5.41) is 0. The lowest BCUT2D eigenvalue weighted by atomic mass is 10.0. The standard InChI is InChI=1S/C70H124O6/c1-4-7-10-13-16-19-22-25-28-30-32-34-35-37-38-40-42-45-48-51-54-57-60-63-69(72)75-66-67(65-74-68(71)62-59-56-53-50-47-44-27-24-21-18-15-12-9-6-3)76-70(73)64-61-58-55-52-49-46-43-41-39-36-33-31-29-26-23-20-17-14-11-8-5-2/h15,18,22-27,30-33,67H,4-14,16-17,19-21,28-29,34-66H2,1-3H3/b18-15-,25-22-,26-23-,27-24-,32-30-,33-31-. The number of hydrogen-bond donors (Lipinski definition) is 0. The molecule has 0 aromatic carbocycles. The van der Waals surface area contributed by atoms with Crippen LogP contribution in [0.2, 0.25) is 0 Å². The van der Waals surface area contributed by atoms with Gasteiger partial charge in [0.1, 0.15) is 13.2 Å². The Morgan fingerprint density at radius 3 is 0.763 bits per heavy atom. The summed E-state index contributed by atoms with van der Waals surface area (Å²) in [6.07, 6.45) is 83.3. The second-order valence-corrected chi connectivity index (χ2v) is 22.0. The maximum Gasteiger partial charge on any atom is 0.306 e. The van der Waals surface area contributed by atoms with Gasteiger partial charge in [0, 0.05) is 19.3 Å². The molecule has 0 N–H and O–H groups in total. The zero-order chi connectivity index (χ0) is 55.0. The van der Waals surface area contributed by atoms with E-state index in [0.717, 1.165) is 89.9 Å². The SMILES string of the molecule is CCCC/C=C\C/C=C\CCCCCCCC(=O)OCC(COC(=O)CCCCCCCCCCCCC/C=C\C/C=C\CCCCCCC)OC(=O)CCCCCCCCCCC/C=C\C/C=C\CCCCCCC. The quantitative estimate of drug-likeness (QED) is 0.0261. The van der Waals surface area contributed by atoms with Crippen molar-refractivity contribution < 1.29 is 28.6 Å². The van der Waals surface area contributed by atoms with Gasteiger partial charge >= 0.3 is 17.9 Å². The van der Waals surface area contributed by atoms with Crippen LogP contribution in [0.4, 0.5) is 0 Å². The molecule has 0 fully saturated rings. The highest BCUT2D eigenvalue weighted by Crippen LogP contribution is 2.16. The molecule has 0 amide bonds. The molecule has 440 valence electrons. The highest BCUT2D eigenvalue weighted by atomic mass is 16.6. The first-order valence-corrected chi connectivity index (χ1v) is 32.9. The molecule has 1 atom stereocenters. The molecule has 0 heterocycles. The largest absolute Gasteiger partial charge is 0.462 e. The number of ether oxygens (including phenoxy) is 3. The van der Waals surface area contributed by atoms with Crippen molar-refractivity contribution in [2.24, 2.45) is 0 Å².